The molecule has 0 spiro atoms. The molecule has 0 radical (unpaired) electrons. The van der Waals surface area contributed by atoms with Gasteiger partial charge in [-0.3, -0.25) is 4.79 Å². The Morgan fingerprint density at radius 1 is 1.22 bits per heavy atom. The van der Waals surface area contributed by atoms with E-state index in [9.17, 15) is 9.59 Å². The second-order valence-electron chi connectivity index (χ2n) is 5.34. The van der Waals surface area contributed by atoms with Crippen LogP contribution in [0.5, 0.6) is 0 Å². The van der Waals surface area contributed by atoms with Gasteiger partial charge < -0.3 is 14.2 Å². The standard InChI is InChI=1S/C17H16N2O4/c1-4-13-16(18-8-22-13)17(21)19-12-7-11-9(2)6-15(20)23-14(11)5-10(12)3/h5-8H,4H2,1-3H3,(H,19,21). The molecule has 0 bridgehead atoms. The van der Waals surface area contributed by atoms with Gasteiger partial charge in [-0.1, -0.05) is 6.92 Å². The summed E-state index contributed by atoms with van der Waals surface area (Å²) in [5.74, 6) is 0.219. The van der Waals surface area contributed by atoms with Crippen LogP contribution in [-0.2, 0) is 6.42 Å². The molecule has 1 aromatic carbocycles. The number of benzene rings is 1. The zero-order valence-corrected chi connectivity index (χ0v) is 13.1. The summed E-state index contributed by atoms with van der Waals surface area (Å²) < 4.78 is 10.4. The molecule has 2 heterocycles. The molecule has 1 N–H and O–H groups in total. The number of aryl methyl sites for hydroxylation is 3. The fraction of sp³-hybridized carbons (Fsp3) is 0.235. The Hall–Kier alpha value is -2.89. The minimum atomic E-state index is -0.388. The topological polar surface area (TPSA) is 85.3 Å². The van der Waals surface area contributed by atoms with E-state index in [-0.39, 0.29) is 17.2 Å². The molecule has 23 heavy (non-hydrogen) atoms. The predicted octanol–water partition coefficient (Wildman–Crippen LogP) is 3.21. The Balaban J connectivity index is 2.02. The first-order chi connectivity index (χ1) is 11.0. The molecule has 0 atom stereocenters. The summed E-state index contributed by atoms with van der Waals surface area (Å²) >= 11 is 0. The van der Waals surface area contributed by atoms with Crippen molar-refractivity contribution in [3.05, 3.63) is 57.6 Å². The van der Waals surface area contributed by atoms with Gasteiger partial charge in [-0.25, -0.2) is 9.78 Å². The third-order valence-electron chi connectivity index (χ3n) is 3.72. The van der Waals surface area contributed by atoms with Crippen molar-refractivity contribution in [2.24, 2.45) is 0 Å². The van der Waals surface area contributed by atoms with Crippen LogP contribution in [0.3, 0.4) is 0 Å². The first-order valence-electron chi connectivity index (χ1n) is 7.28. The molecule has 0 saturated heterocycles. The Kier molecular flexibility index (Phi) is 3.73. The summed E-state index contributed by atoms with van der Waals surface area (Å²) in [6.07, 6.45) is 1.85. The van der Waals surface area contributed by atoms with E-state index in [0.717, 1.165) is 16.5 Å². The van der Waals surface area contributed by atoms with Crippen LogP contribution in [0, 0.1) is 13.8 Å². The summed E-state index contributed by atoms with van der Waals surface area (Å²) in [4.78, 5) is 27.8. The number of nitrogens with zero attached hydrogens (tertiary/aromatic N) is 1. The van der Waals surface area contributed by atoms with Gasteiger partial charge in [-0.15, -0.1) is 0 Å². The normalized spacial score (nSPS) is 10.9. The second kappa shape index (κ2) is 5.72. The quantitative estimate of drug-likeness (QED) is 0.751. The summed E-state index contributed by atoms with van der Waals surface area (Å²) in [6.45, 7) is 5.55. The number of anilines is 1. The second-order valence-corrected chi connectivity index (χ2v) is 5.34. The lowest BCUT2D eigenvalue weighted by Gasteiger charge is -2.10. The number of nitrogens with one attached hydrogen (secondary N) is 1. The van der Waals surface area contributed by atoms with Crippen molar-refractivity contribution in [1.29, 1.82) is 0 Å². The molecule has 3 aromatic rings. The van der Waals surface area contributed by atoms with Crippen LogP contribution in [-0.4, -0.2) is 10.9 Å². The van der Waals surface area contributed by atoms with Crippen LogP contribution in [0.25, 0.3) is 11.0 Å². The number of hydrogen-bond acceptors (Lipinski definition) is 5. The average Bonchev–Trinajstić information content (AvgIpc) is 2.97. The summed E-state index contributed by atoms with van der Waals surface area (Å²) in [6, 6.07) is 4.96. The van der Waals surface area contributed by atoms with Crippen LogP contribution in [0.15, 0.2) is 38.2 Å². The van der Waals surface area contributed by atoms with Crippen molar-refractivity contribution >= 4 is 22.6 Å². The van der Waals surface area contributed by atoms with Crippen LogP contribution in [0.1, 0.15) is 34.3 Å². The monoisotopic (exact) mass is 312 g/mol. The summed E-state index contributed by atoms with van der Waals surface area (Å²) in [7, 11) is 0. The average molecular weight is 312 g/mol. The highest BCUT2D eigenvalue weighted by molar-refractivity contribution is 6.05. The van der Waals surface area contributed by atoms with E-state index in [1.165, 1.54) is 12.5 Å². The number of amides is 1. The molecule has 118 valence electrons. The molecule has 0 unspecified atom stereocenters. The van der Waals surface area contributed by atoms with Crippen molar-refractivity contribution in [2.45, 2.75) is 27.2 Å². The number of aromatic nitrogens is 1. The maximum Gasteiger partial charge on any atom is 0.336 e. The fourth-order valence-electron chi connectivity index (χ4n) is 2.49. The highest BCUT2D eigenvalue weighted by Crippen LogP contribution is 2.25. The zero-order valence-electron chi connectivity index (χ0n) is 13.1. The van der Waals surface area contributed by atoms with E-state index < -0.39 is 0 Å². The first-order valence-corrected chi connectivity index (χ1v) is 7.28. The Labute approximate surface area is 132 Å². The Morgan fingerprint density at radius 3 is 2.74 bits per heavy atom. The van der Waals surface area contributed by atoms with Crippen LogP contribution in [0.4, 0.5) is 5.69 Å². The van der Waals surface area contributed by atoms with Gasteiger partial charge in [0.2, 0.25) is 0 Å². The molecule has 0 aliphatic carbocycles. The van der Waals surface area contributed by atoms with Gasteiger partial charge in [-0.05, 0) is 37.1 Å². The van der Waals surface area contributed by atoms with Crippen molar-refractivity contribution in [3.63, 3.8) is 0 Å². The van der Waals surface area contributed by atoms with Gasteiger partial charge >= 0.3 is 5.63 Å². The summed E-state index contributed by atoms with van der Waals surface area (Å²) in [5.41, 5.74) is 2.62. The molecule has 6 heteroatoms. The molecule has 2 aromatic heterocycles. The first kappa shape index (κ1) is 15.0. The molecule has 0 aliphatic rings. The van der Waals surface area contributed by atoms with Crippen molar-refractivity contribution in [1.82, 2.24) is 4.98 Å². The molecular formula is C17H16N2O4. The maximum atomic E-state index is 12.4. The number of rotatable bonds is 3. The number of carbonyl (C=O) groups excluding carboxylic acids is 1. The van der Waals surface area contributed by atoms with Crippen LogP contribution < -0.4 is 10.9 Å². The van der Waals surface area contributed by atoms with Gasteiger partial charge in [0.1, 0.15) is 11.3 Å². The third kappa shape index (κ3) is 2.75. The Morgan fingerprint density at radius 2 is 2.00 bits per heavy atom. The lowest BCUT2D eigenvalue weighted by molar-refractivity contribution is 0.102. The predicted molar refractivity (Wildman–Crippen MR) is 85.8 cm³/mol. The summed E-state index contributed by atoms with van der Waals surface area (Å²) in [5, 5.41) is 3.62. The van der Waals surface area contributed by atoms with Crippen molar-refractivity contribution in [2.75, 3.05) is 5.32 Å². The van der Waals surface area contributed by atoms with E-state index in [1.54, 1.807) is 12.1 Å². The van der Waals surface area contributed by atoms with Gasteiger partial charge in [0.05, 0.1) is 0 Å². The molecule has 0 aliphatic heterocycles. The van der Waals surface area contributed by atoms with Crippen molar-refractivity contribution in [3.8, 4) is 0 Å². The van der Waals surface area contributed by atoms with E-state index in [0.29, 0.717) is 23.5 Å². The number of hydrogen-bond donors (Lipinski definition) is 1. The smallest absolute Gasteiger partial charge is 0.336 e. The lowest BCUT2D eigenvalue weighted by Crippen LogP contribution is -2.15. The highest BCUT2D eigenvalue weighted by Gasteiger charge is 2.17. The van der Waals surface area contributed by atoms with E-state index in [1.807, 2.05) is 20.8 Å². The van der Waals surface area contributed by atoms with Gasteiger partial charge in [0.15, 0.2) is 12.1 Å². The third-order valence-corrected chi connectivity index (χ3v) is 3.72. The zero-order chi connectivity index (χ0) is 16.6. The molecular weight excluding hydrogens is 296 g/mol. The van der Waals surface area contributed by atoms with Crippen LogP contribution in [0.2, 0.25) is 0 Å². The minimum absolute atomic E-state index is 0.281. The molecule has 6 nitrogen and oxygen atoms in total. The molecule has 3 rings (SSSR count). The van der Waals surface area contributed by atoms with Gasteiger partial charge in [0.25, 0.3) is 5.91 Å². The maximum absolute atomic E-state index is 12.4. The van der Waals surface area contributed by atoms with Crippen molar-refractivity contribution < 1.29 is 13.6 Å². The molecule has 1 amide bonds. The van der Waals surface area contributed by atoms with Gasteiger partial charge in [0, 0.05) is 23.6 Å². The fourth-order valence-corrected chi connectivity index (χ4v) is 2.49. The molecule has 0 saturated carbocycles. The molecule has 0 fully saturated rings. The highest BCUT2D eigenvalue weighted by atomic mass is 16.4. The van der Waals surface area contributed by atoms with E-state index in [2.05, 4.69) is 10.3 Å². The lowest BCUT2D eigenvalue weighted by atomic mass is 10.1. The Bertz CT molecular complexity index is 953. The number of carbonyl (C=O) groups is 1. The van der Waals surface area contributed by atoms with E-state index >= 15 is 0 Å². The van der Waals surface area contributed by atoms with Crippen LogP contribution >= 0.6 is 0 Å². The van der Waals surface area contributed by atoms with Gasteiger partial charge in [-0.2, -0.15) is 0 Å². The largest absolute Gasteiger partial charge is 0.448 e. The minimum Gasteiger partial charge on any atom is -0.448 e. The van der Waals surface area contributed by atoms with E-state index in [4.69, 9.17) is 8.83 Å². The number of oxazole rings is 1. The SMILES string of the molecule is CCc1ocnc1C(=O)Nc1cc2c(C)cc(=O)oc2cc1C. The number of fused-ring (bicyclic) bond motifs is 1.